The van der Waals surface area contributed by atoms with E-state index in [1.54, 1.807) is 0 Å². The lowest BCUT2D eigenvalue weighted by atomic mass is 11.9. The average molecular weight is 93.2 g/mol. The van der Waals surface area contributed by atoms with Crippen LogP contribution in [0.4, 0.5) is 0 Å². The molecule has 0 aliphatic carbocycles. The smallest absolute Gasteiger partial charge is 0.200 e. The first-order valence-electron chi connectivity index (χ1n) is 1.22. The van der Waals surface area contributed by atoms with Gasteiger partial charge in [0.15, 0.2) is 9.04 Å². The van der Waals surface area contributed by atoms with Gasteiger partial charge < -0.3 is 10.3 Å². The fraction of sp³-hybridized carbons (Fsp3) is 1.00. The predicted molar refractivity (Wildman–Crippen MR) is 23.3 cm³/mol. The second-order valence-corrected chi connectivity index (χ2v) is 2.84. The summed E-state index contributed by atoms with van der Waals surface area (Å²) in [5.41, 5.74) is 0. The number of rotatable bonds is 0. The van der Waals surface area contributed by atoms with Crippen molar-refractivity contribution < 1.29 is 10.3 Å². The van der Waals surface area contributed by atoms with Crippen molar-refractivity contribution in [2.45, 2.75) is 13.1 Å². The van der Waals surface area contributed by atoms with Gasteiger partial charge in [-0.2, -0.15) is 0 Å². The number of hydrogen-bond donors (Lipinski definition) is 1. The molecule has 0 aromatic carbocycles. The highest BCUT2D eigenvalue weighted by molar-refractivity contribution is 6.46. The zero-order valence-corrected chi connectivity index (χ0v) is 4.45. The first kappa shape index (κ1) is 8.93. The lowest BCUT2D eigenvalue weighted by molar-refractivity contribution is 0.587. The van der Waals surface area contributed by atoms with E-state index >= 15 is 0 Å². The van der Waals surface area contributed by atoms with Crippen molar-refractivity contribution >= 4 is 9.04 Å². The molecular weight excluding hydrogens is 84.1 g/mol. The third-order valence-electron chi connectivity index (χ3n) is 0. The zero-order valence-electron chi connectivity index (χ0n) is 3.45. The molecule has 0 spiro atoms. The Morgan fingerprint density at radius 2 is 1.40 bits per heavy atom. The molecule has 0 saturated carbocycles. The van der Waals surface area contributed by atoms with E-state index in [-0.39, 0.29) is 5.48 Å². The quantitative estimate of drug-likeness (QED) is 0.400. The molecule has 0 aliphatic rings. The van der Waals surface area contributed by atoms with Gasteiger partial charge in [0.1, 0.15) is 0 Å². The third kappa shape index (κ3) is 1010. The van der Waals surface area contributed by atoms with E-state index in [1.165, 1.54) is 0 Å². The van der Waals surface area contributed by atoms with Crippen molar-refractivity contribution in [1.29, 1.82) is 0 Å². The van der Waals surface area contributed by atoms with Crippen LogP contribution < -0.4 is 0 Å². The summed E-state index contributed by atoms with van der Waals surface area (Å²) in [7, 11) is -0.880. The lowest BCUT2D eigenvalue weighted by Gasteiger charge is -1.74. The Hall–Kier alpha value is 0.137. The molecule has 1 radical (unpaired) electrons. The molecule has 0 aliphatic heterocycles. The van der Waals surface area contributed by atoms with Crippen molar-refractivity contribution in [2.75, 3.05) is 0 Å². The Balaban J connectivity index is 0. The van der Waals surface area contributed by atoms with E-state index in [2.05, 4.69) is 0 Å². The fourth-order valence-electron chi connectivity index (χ4n) is 0. The van der Waals surface area contributed by atoms with E-state index in [1.807, 2.05) is 13.1 Å². The van der Waals surface area contributed by atoms with Crippen LogP contribution in [0.1, 0.15) is 0 Å². The van der Waals surface area contributed by atoms with Crippen LogP contribution in [0.25, 0.3) is 0 Å². The average Bonchev–Trinajstić information content (AvgIpc) is 0.811. The molecule has 33 valence electrons. The molecule has 0 unspecified atom stereocenters. The van der Waals surface area contributed by atoms with Gasteiger partial charge in [-0.3, -0.25) is 0 Å². The summed E-state index contributed by atoms with van der Waals surface area (Å²) in [5, 5.41) is 0. The van der Waals surface area contributed by atoms with Crippen LogP contribution in [0, 0.1) is 0 Å². The monoisotopic (exact) mass is 93.0 g/mol. The summed E-state index contributed by atoms with van der Waals surface area (Å²) < 4.78 is 0. The van der Waals surface area contributed by atoms with Gasteiger partial charge >= 0.3 is 0 Å². The normalized spacial score (nSPS) is 7.20. The molecule has 0 aromatic heterocycles. The first-order chi connectivity index (χ1) is 1.73. The Kier molecular flexibility index (Phi) is 7.39. The predicted octanol–water partition coefficient (Wildman–Crippen LogP) is -0.595. The maximum absolute atomic E-state index is 8.16. The van der Waals surface area contributed by atoms with E-state index in [9.17, 15) is 0 Å². The molecule has 0 fully saturated rings. The zero-order chi connectivity index (χ0) is 3.58. The minimum atomic E-state index is -0.880. The Labute approximate surface area is 33.5 Å². The van der Waals surface area contributed by atoms with Gasteiger partial charge in [-0.05, 0) is 13.1 Å². The Bertz CT molecular complexity index is 12.4. The van der Waals surface area contributed by atoms with E-state index in [4.69, 9.17) is 4.80 Å². The van der Waals surface area contributed by atoms with Gasteiger partial charge in [-0.25, -0.2) is 0 Å². The van der Waals surface area contributed by atoms with Crippen LogP contribution in [0.2, 0.25) is 13.1 Å². The van der Waals surface area contributed by atoms with Crippen LogP contribution >= 0.6 is 0 Å². The molecule has 0 amide bonds. The van der Waals surface area contributed by atoms with Crippen LogP contribution in [0.5, 0.6) is 0 Å². The van der Waals surface area contributed by atoms with Crippen molar-refractivity contribution in [1.82, 2.24) is 0 Å². The van der Waals surface area contributed by atoms with E-state index in [0.29, 0.717) is 0 Å². The van der Waals surface area contributed by atoms with Crippen LogP contribution in [0.15, 0.2) is 0 Å². The molecule has 0 aromatic rings. The highest BCUT2D eigenvalue weighted by Gasteiger charge is 1.76. The van der Waals surface area contributed by atoms with Crippen LogP contribution in [-0.4, -0.2) is 19.3 Å². The minimum Gasteiger partial charge on any atom is -0.432 e. The third-order valence-corrected chi connectivity index (χ3v) is 0. The second kappa shape index (κ2) is 4.14. The highest BCUT2D eigenvalue weighted by Crippen LogP contribution is 1.60. The standard InChI is InChI=1S/C2H7OSi.H2O/c1-4(2)3;/h3H,1-2H3;1H2. The van der Waals surface area contributed by atoms with Crippen molar-refractivity contribution in [2.24, 2.45) is 0 Å². The largest absolute Gasteiger partial charge is 0.432 e. The van der Waals surface area contributed by atoms with Crippen LogP contribution in [-0.2, 0) is 0 Å². The summed E-state index contributed by atoms with van der Waals surface area (Å²) >= 11 is 0. The van der Waals surface area contributed by atoms with E-state index < -0.39 is 9.04 Å². The molecule has 3 heteroatoms. The first-order valence-corrected chi connectivity index (χ1v) is 3.67. The molecule has 0 heterocycles. The maximum Gasteiger partial charge on any atom is 0.200 e. The summed E-state index contributed by atoms with van der Waals surface area (Å²) in [6.07, 6.45) is 0. The van der Waals surface area contributed by atoms with Gasteiger partial charge in [0.2, 0.25) is 0 Å². The summed E-state index contributed by atoms with van der Waals surface area (Å²) in [4.78, 5) is 8.16. The molecule has 0 atom stereocenters. The molecule has 2 nitrogen and oxygen atoms in total. The Morgan fingerprint density at radius 1 is 1.40 bits per heavy atom. The maximum atomic E-state index is 8.16. The summed E-state index contributed by atoms with van der Waals surface area (Å²) in [6.45, 7) is 3.65. The van der Waals surface area contributed by atoms with Gasteiger partial charge in [0, 0.05) is 0 Å². The second-order valence-electron chi connectivity index (χ2n) is 0.947. The topological polar surface area (TPSA) is 51.7 Å². The van der Waals surface area contributed by atoms with Crippen molar-refractivity contribution in [3.63, 3.8) is 0 Å². The highest BCUT2D eigenvalue weighted by atomic mass is 28.3. The van der Waals surface area contributed by atoms with Gasteiger partial charge in [-0.1, -0.05) is 0 Å². The van der Waals surface area contributed by atoms with Crippen molar-refractivity contribution in [3.05, 3.63) is 0 Å². The molecule has 5 heavy (non-hydrogen) atoms. The lowest BCUT2D eigenvalue weighted by Crippen LogP contribution is -1.93. The molecular formula is C2H9O2Si. The minimum absolute atomic E-state index is 0. The molecule has 0 saturated heterocycles. The summed E-state index contributed by atoms with van der Waals surface area (Å²) in [5.74, 6) is 0. The number of hydrogen-bond acceptors (Lipinski definition) is 1. The fourth-order valence-corrected chi connectivity index (χ4v) is 0. The SMILES string of the molecule is C[Si](C)O.O. The van der Waals surface area contributed by atoms with Gasteiger partial charge in [-0.15, -0.1) is 0 Å². The molecule has 0 bridgehead atoms. The van der Waals surface area contributed by atoms with Gasteiger partial charge in [0.25, 0.3) is 0 Å². The van der Waals surface area contributed by atoms with E-state index in [0.717, 1.165) is 0 Å². The van der Waals surface area contributed by atoms with Gasteiger partial charge in [0.05, 0.1) is 0 Å². The summed E-state index contributed by atoms with van der Waals surface area (Å²) in [6, 6.07) is 0. The molecule has 0 rings (SSSR count). The van der Waals surface area contributed by atoms with Crippen LogP contribution in [0.3, 0.4) is 0 Å². The Morgan fingerprint density at radius 3 is 1.40 bits per heavy atom. The molecule has 3 N–H and O–H groups in total. The van der Waals surface area contributed by atoms with Crippen molar-refractivity contribution in [3.8, 4) is 0 Å².